The number of amides is 1. The van der Waals surface area contributed by atoms with Crippen molar-refractivity contribution in [2.75, 3.05) is 0 Å². The Morgan fingerprint density at radius 3 is 2.61 bits per heavy atom. The molecule has 1 rings (SSSR count). The van der Waals surface area contributed by atoms with Crippen molar-refractivity contribution < 1.29 is 4.79 Å². The van der Waals surface area contributed by atoms with E-state index in [1.54, 1.807) is 0 Å². The summed E-state index contributed by atoms with van der Waals surface area (Å²) in [6.45, 7) is 5.88. The van der Waals surface area contributed by atoms with E-state index in [4.69, 9.17) is 0 Å². The van der Waals surface area contributed by atoms with E-state index in [9.17, 15) is 14.4 Å². The average molecular weight is 253 g/mol. The summed E-state index contributed by atoms with van der Waals surface area (Å²) in [6, 6.07) is 1.29. The van der Waals surface area contributed by atoms with Gasteiger partial charge in [-0.05, 0) is 20.3 Å². The number of aryl methyl sites for hydroxylation is 1. The van der Waals surface area contributed by atoms with Crippen LogP contribution in [0, 0.1) is 0 Å². The zero-order valence-electron chi connectivity index (χ0n) is 11.0. The third-order valence-corrected chi connectivity index (χ3v) is 2.36. The van der Waals surface area contributed by atoms with Crippen LogP contribution in [0.1, 0.15) is 27.2 Å². The van der Waals surface area contributed by atoms with E-state index in [0.29, 0.717) is 6.54 Å². The van der Waals surface area contributed by atoms with Crippen LogP contribution in [-0.4, -0.2) is 21.1 Å². The fourth-order valence-electron chi connectivity index (χ4n) is 1.62. The first-order chi connectivity index (χ1) is 8.45. The molecule has 0 saturated carbocycles. The van der Waals surface area contributed by atoms with Crippen LogP contribution >= 0.6 is 0 Å². The minimum absolute atomic E-state index is 0.0187. The maximum atomic E-state index is 11.9. The Morgan fingerprint density at radius 1 is 1.39 bits per heavy atom. The summed E-state index contributed by atoms with van der Waals surface area (Å²) < 4.78 is 2.39. The van der Waals surface area contributed by atoms with Crippen LogP contribution in [0.2, 0.25) is 0 Å². The highest BCUT2D eigenvalue weighted by Crippen LogP contribution is 1.85. The lowest BCUT2D eigenvalue weighted by atomic mass is 10.4. The lowest BCUT2D eigenvalue weighted by molar-refractivity contribution is -0.122. The first-order valence-electron chi connectivity index (χ1n) is 6.05. The van der Waals surface area contributed by atoms with E-state index >= 15 is 0 Å². The summed E-state index contributed by atoms with van der Waals surface area (Å²) in [6.07, 6.45) is 2.25. The van der Waals surface area contributed by atoms with Crippen molar-refractivity contribution in [1.29, 1.82) is 0 Å². The van der Waals surface area contributed by atoms with E-state index < -0.39 is 11.2 Å². The van der Waals surface area contributed by atoms with Crippen molar-refractivity contribution in [1.82, 2.24) is 14.5 Å². The third kappa shape index (κ3) is 3.58. The van der Waals surface area contributed by atoms with Crippen LogP contribution < -0.4 is 16.6 Å². The average Bonchev–Trinajstić information content (AvgIpc) is 2.27. The Kier molecular flexibility index (Phi) is 4.88. The molecule has 0 unspecified atom stereocenters. The molecule has 0 aliphatic heterocycles. The lowest BCUT2D eigenvalue weighted by Crippen LogP contribution is -2.44. The second-order valence-corrected chi connectivity index (χ2v) is 4.44. The summed E-state index contributed by atoms with van der Waals surface area (Å²) in [5.41, 5.74) is -0.894. The van der Waals surface area contributed by atoms with Gasteiger partial charge in [-0.25, -0.2) is 4.79 Å². The molecule has 0 radical (unpaired) electrons. The van der Waals surface area contributed by atoms with Crippen molar-refractivity contribution in [3.63, 3.8) is 0 Å². The summed E-state index contributed by atoms with van der Waals surface area (Å²) >= 11 is 0. The number of nitrogens with one attached hydrogen (secondary N) is 1. The highest BCUT2D eigenvalue weighted by Gasteiger charge is 2.10. The first-order valence-corrected chi connectivity index (χ1v) is 6.05. The molecule has 6 nitrogen and oxygen atoms in total. The van der Waals surface area contributed by atoms with Gasteiger partial charge in [0.25, 0.3) is 5.56 Å². The fourth-order valence-corrected chi connectivity index (χ4v) is 1.62. The number of nitrogens with zero attached hydrogens (tertiary/aromatic N) is 2. The van der Waals surface area contributed by atoms with Gasteiger partial charge in [0.05, 0.1) is 0 Å². The summed E-state index contributed by atoms with van der Waals surface area (Å²) in [5.74, 6) is -0.335. The van der Waals surface area contributed by atoms with Gasteiger partial charge < -0.3 is 9.88 Å². The predicted molar refractivity (Wildman–Crippen MR) is 68.5 cm³/mol. The van der Waals surface area contributed by atoms with Gasteiger partial charge in [0.1, 0.15) is 6.54 Å². The summed E-state index contributed by atoms with van der Waals surface area (Å²) in [5, 5.41) is 2.65. The first kappa shape index (κ1) is 14.2. The molecule has 1 aromatic rings. The van der Waals surface area contributed by atoms with Gasteiger partial charge in [-0.1, -0.05) is 6.92 Å². The second kappa shape index (κ2) is 6.18. The summed E-state index contributed by atoms with van der Waals surface area (Å²) in [7, 11) is 0. The largest absolute Gasteiger partial charge is 0.352 e. The molecule has 1 N–H and O–H groups in total. The van der Waals surface area contributed by atoms with E-state index in [0.717, 1.165) is 11.0 Å². The Balaban J connectivity index is 3.01. The molecule has 1 heterocycles. The highest BCUT2D eigenvalue weighted by atomic mass is 16.2. The van der Waals surface area contributed by atoms with Crippen LogP contribution in [-0.2, 0) is 17.9 Å². The Hall–Kier alpha value is -1.85. The van der Waals surface area contributed by atoms with Crippen molar-refractivity contribution in [3.05, 3.63) is 33.1 Å². The Labute approximate surface area is 105 Å². The quantitative estimate of drug-likeness (QED) is 0.799. The molecule has 0 saturated heterocycles. The molecule has 0 aromatic carbocycles. The zero-order valence-corrected chi connectivity index (χ0v) is 11.0. The Bertz CT molecular complexity index is 528. The van der Waals surface area contributed by atoms with Gasteiger partial charge in [-0.2, -0.15) is 0 Å². The standard InChI is InChI=1S/C12H19N3O3/c1-4-6-14-7-5-11(17)15(12(14)18)8-10(16)13-9(2)3/h5,7,9H,4,6,8H2,1-3H3,(H,13,16). The molecular formula is C12H19N3O3. The van der Waals surface area contributed by atoms with E-state index in [-0.39, 0.29) is 18.5 Å². The smallest absolute Gasteiger partial charge is 0.331 e. The van der Waals surface area contributed by atoms with Gasteiger partial charge in [0, 0.05) is 24.8 Å². The van der Waals surface area contributed by atoms with Gasteiger partial charge in [-0.15, -0.1) is 0 Å². The number of aromatic nitrogens is 2. The van der Waals surface area contributed by atoms with Crippen molar-refractivity contribution in [3.8, 4) is 0 Å². The number of carbonyl (C=O) groups is 1. The maximum Gasteiger partial charge on any atom is 0.331 e. The topological polar surface area (TPSA) is 73.1 Å². The number of hydrogen-bond donors (Lipinski definition) is 1. The molecule has 100 valence electrons. The molecular weight excluding hydrogens is 234 g/mol. The van der Waals surface area contributed by atoms with Crippen molar-refractivity contribution >= 4 is 5.91 Å². The second-order valence-electron chi connectivity index (χ2n) is 4.44. The lowest BCUT2D eigenvalue weighted by Gasteiger charge is -2.11. The molecule has 0 spiro atoms. The van der Waals surface area contributed by atoms with Crippen molar-refractivity contribution in [2.45, 2.75) is 46.3 Å². The molecule has 0 aliphatic carbocycles. The van der Waals surface area contributed by atoms with Crippen LogP contribution in [0.3, 0.4) is 0 Å². The Morgan fingerprint density at radius 2 is 2.06 bits per heavy atom. The van der Waals surface area contributed by atoms with Gasteiger partial charge in [0.15, 0.2) is 0 Å². The maximum absolute atomic E-state index is 11.9. The molecule has 0 atom stereocenters. The normalized spacial score (nSPS) is 10.7. The monoisotopic (exact) mass is 253 g/mol. The predicted octanol–water partition coefficient (Wildman–Crippen LogP) is -0.0554. The highest BCUT2D eigenvalue weighted by molar-refractivity contribution is 5.75. The fraction of sp³-hybridized carbons (Fsp3) is 0.583. The van der Waals surface area contributed by atoms with Gasteiger partial charge in [0.2, 0.25) is 5.91 Å². The number of carbonyl (C=O) groups excluding carboxylic acids is 1. The van der Waals surface area contributed by atoms with Crippen LogP contribution in [0.25, 0.3) is 0 Å². The molecule has 1 amide bonds. The summed E-state index contributed by atoms with van der Waals surface area (Å²) in [4.78, 5) is 35.1. The minimum Gasteiger partial charge on any atom is -0.352 e. The van der Waals surface area contributed by atoms with E-state index in [2.05, 4.69) is 5.32 Å². The third-order valence-electron chi connectivity index (χ3n) is 2.36. The van der Waals surface area contributed by atoms with Gasteiger partial charge in [-0.3, -0.25) is 14.2 Å². The SMILES string of the molecule is CCCn1ccc(=O)n(CC(=O)NC(C)C)c1=O. The minimum atomic E-state index is -0.453. The molecule has 0 bridgehead atoms. The number of hydrogen-bond acceptors (Lipinski definition) is 3. The molecule has 0 aliphatic rings. The van der Waals surface area contributed by atoms with Crippen LogP contribution in [0.15, 0.2) is 21.9 Å². The van der Waals surface area contributed by atoms with Crippen LogP contribution in [0.4, 0.5) is 0 Å². The van der Waals surface area contributed by atoms with E-state index in [1.165, 1.54) is 16.8 Å². The molecule has 18 heavy (non-hydrogen) atoms. The van der Waals surface area contributed by atoms with E-state index in [1.807, 2.05) is 20.8 Å². The van der Waals surface area contributed by atoms with Gasteiger partial charge >= 0.3 is 5.69 Å². The molecule has 0 fully saturated rings. The zero-order chi connectivity index (χ0) is 13.7. The molecule has 1 aromatic heterocycles. The number of rotatable bonds is 5. The van der Waals surface area contributed by atoms with Crippen LogP contribution in [0.5, 0.6) is 0 Å². The van der Waals surface area contributed by atoms with Crippen molar-refractivity contribution in [2.24, 2.45) is 0 Å². The molecule has 6 heteroatoms.